The molecular weight excluding hydrogens is 232 g/mol. The van der Waals surface area contributed by atoms with E-state index < -0.39 is 30.2 Å². The van der Waals surface area contributed by atoms with Crippen molar-refractivity contribution in [1.82, 2.24) is 0 Å². The van der Waals surface area contributed by atoms with Crippen LogP contribution in [0.2, 0.25) is 0 Å². The molecule has 0 spiro atoms. The number of halogens is 4. The van der Waals surface area contributed by atoms with Crippen LogP contribution in [0.3, 0.4) is 0 Å². The first-order valence-electron chi connectivity index (χ1n) is 4.65. The third-order valence-corrected chi connectivity index (χ3v) is 1.37. The predicted octanol–water partition coefficient (Wildman–Crippen LogP) is 2.59. The molecule has 0 radical (unpaired) electrons. The standard InChI is InChI=1S/C9H14F4O3/c1-5(2)15-7(14)8(10,9(11,12)13)16-6(3)4/h5-6H,1-4H3. The SMILES string of the molecule is CC(C)OC(=O)C(F)(OC(C)C)C(F)(F)F. The van der Waals surface area contributed by atoms with Gasteiger partial charge in [0.15, 0.2) is 0 Å². The second-order valence-corrected chi connectivity index (χ2v) is 3.71. The molecule has 0 saturated heterocycles. The molecular formula is C9H14F4O3. The number of carbonyl (C=O) groups is 1. The van der Waals surface area contributed by atoms with E-state index in [1.807, 2.05) is 0 Å². The van der Waals surface area contributed by atoms with Gasteiger partial charge in [-0.15, -0.1) is 0 Å². The van der Waals surface area contributed by atoms with Crippen molar-refractivity contribution >= 4 is 5.97 Å². The summed E-state index contributed by atoms with van der Waals surface area (Å²) in [6.07, 6.45) is -7.43. The van der Waals surface area contributed by atoms with E-state index in [-0.39, 0.29) is 0 Å². The van der Waals surface area contributed by atoms with Gasteiger partial charge in [-0.05, 0) is 27.7 Å². The zero-order chi connectivity index (χ0) is 13.1. The highest BCUT2D eigenvalue weighted by atomic mass is 19.4. The lowest BCUT2D eigenvalue weighted by atomic mass is 10.3. The molecule has 7 heteroatoms. The molecule has 0 heterocycles. The van der Waals surface area contributed by atoms with E-state index in [0.29, 0.717) is 0 Å². The van der Waals surface area contributed by atoms with Crippen molar-refractivity contribution in [2.75, 3.05) is 0 Å². The summed E-state index contributed by atoms with van der Waals surface area (Å²) in [5, 5.41) is 0. The lowest BCUT2D eigenvalue weighted by molar-refractivity contribution is -0.333. The van der Waals surface area contributed by atoms with Crippen LogP contribution in [0.5, 0.6) is 0 Å². The summed E-state index contributed by atoms with van der Waals surface area (Å²) in [5.74, 6) is -6.49. The Hall–Kier alpha value is -0.850. The maximum Gasteiger partial charge on any atom is 0.460 e. The molecule has 0 amide bonds. The summed E-state index contributed by atoms with van der Waals surface area (Å²) >= 11 is 0. The molecule has 0 aliphatic rings. The molecule has 0 aromatic carbocycles. The lowest BCUT2D eigenvalue weighted by Gasteiger charge is -2.28. The Labute approximate surface area is 90.7 Å². The van der Waals surface area contributed by atoms with Gasteiger partial charge >= 0.3 is 18.0 Å². The normalized spacial score (nSPS) is 16.4. The summed E-state index contributed by atoms with van der Waals surface area (Å²) in [4.78, 5) is 11.0. The van der Waals surface area contributed by atoms with E-state index in [9.17, 15) is 22.4 Å². The highest BCUT2D eigenvalue weighted by Gasteiger charge is 2.65. The van der Waals surface area contributed by atoms with E-state index in [2.05, 4.69) is 9.47 Å². The van der Waals surface area contributed by atoms with Gasteiger partial charge in [0.1, 0.15) is 0 Å². The van der Waals surface area contributed by atoms with Crippen molar-refractivity contribution < 1.29 is 31.8 Å². The Morgan fingerprint density at radius 3 is 1.69 bits per heavy atom. The molecule has 3 nitrogen and oxygen atoms in total. The van der Waals surface area contributed by atoms with Crippen LogP contribution < -0.4 is 0 Å². The van der Waals surface area contributed by atoms with Gasteiger partial charge in [0, 0.05) is 0 Å². The Balaban J connectivity index is 5.01. The van der Waals surface area contributed by atoms with Gasteiger partial charge in [0.25, 0.3) is 0 Å². The number of carbonyl (C=O) groups excluding carboxylic acids is 1. The molecule has 16 heavy (non-hydrogen) atoms. The maximum atomic E-state index is 13.5. The molecule has 1 atom stereocenters. The smallest absolute Gasteiger partial charge is 0.458 e. The molecule has 0 aromatic rings. The Bertz CT molecular complexity index is 250. The third-order valence-electron chi connectivity index (χ3n) is 1.37. The Morgan fingerprint density at radius 2 is 1.44 bits per heavy atom. The second kappa shape index (κ2) is 4.99. The largest absolute Gasteiger partial charge is 0.460 e. The van der Waals surface area contributed by atoms with E-state index in [0.717, 1.165) is 0 Å². The average molecular weight is 246 g/mol. The minimum Gasteiger partial charge on any atom is -0.458 e. The first kappa shape index (κ1) is 15.2. The fourth-order valence-corrected chi connectivity index (χ4v) is 0.845. The molecule has 0 fully saturated rings. The minimum absolute atomic E-state index is 0.860. The summed E-state index contributed by atoms with van der Waals surface area (Å²) in [5.41, 5.74) is 0. The van der Waals surface area contributed by atoms with Gasteiger partial charge in [-0.2, -0.15) is 17.6 Å². The summed E-state index contributed by atoms with van der Waals surface area (Å²) in [6, 6.07) is 0. The van der Waals surface area contributed by atoms with Crippen LogP contribution in [0.15, 0.2) is 0 Å². The predicted molar refractivity (Wildman–Crippen MR) is 47.3 cm³/mol. The summed E-state index contributed by atoms with van der Waals surface area (Å²) < 4.78 is 58.8. The van der Waals surface area contributed by atoms with Crippen molar-refractivity contribution in [3.63, 3.8) is 0 Å². The second-order valence-electron chi connectivity index (χ2n) is 3.71. The van der Waals surface area contributed by atoms with Crippen molar-refractivity contribution in [3.05, 3.63) is 0 Å². The van der Waals surface area contributed by atoms with Crippen LogP contribution in [-0.4, -0.2) is 30.2 Å². The van der Waals surface area contributed by atoms with E-state index >= 15 is 0 Å². The summed E-state index contributed by atoms with van der Waals surface area (Å²) in [6.45, 7) is 4.99. The van der Waals surface area contributed by atoms with Crippen LogP contribution >= 0.6 is 0 Å². The first-order valence-corrected chi connectivity index (χ1v) is 4.65. The fraction of sp³-hybridized carbons (Fsp3) is 0.889. The zero-order valence-electron chi connectivity index (χ0n) is 9.39. The van der Waals surface area contributed by atoms with Crippen molar-refractivity contribution in [2.24, 2.45) is 0 Å². The molecule has 0 bridgehead atoms. The van der Waals surface area contributed by atoms with Crippen LogP contribution in [-0.2, 0) is 14.3 Å². The number of alkyl halides is 4. The quantitative estimate of drug-likeness (QED) is 0.565. The van der Waals surface area contributed by atoms with Crippen LogP contribution in [0, 0.1) is 0 Å². The third kappa shape index (κ3) is 3.62. The van der Waals surface area contributed by atoms with Crippen molar-refractivity contribution in [2.45, 2.75) is 51.9 Å². The lowest BCUT2D eigenvalue weighted by Crippen LogP contribution is -2.53. The topological polar surface area (TPSA) is 35.5 Å². The molecule has 0 N–H and O–H groups in total. The molecule has 0 aliphatic heterocycles. The summed E-state index contributed by atoms with van der Waals surface area (Å²) in [7, 11) is 0. The zero-order valence-corrected chi connectivity index (χ0v) is 9.39. The number of rotatable bonds is 4. The monoisotopic (exact) mass is 246 g/mol. The molecule has 0 aliphatic carbocycles. The maximum absolute atomic E-state index is 13.5. The highest BCUT2D eigenvalue weighted by molar-refractivity contribution is 5.79. The fourth-order valence-electron chi connectivity index (χ4n) is 0.845. The molecule has 0 aromatic heterocycles. The van der Waals surface area contributed by atoms with Gasteiger partial charge < -0.3 is 9.47 Å². The Kier molecular flexibility index (Phi) is 4.72. The van der Waals surface area contributed by atoms with Gasteiger partial charge in [-0.25, -0.2) is 4.79 Å². The van der Waals surface area contributed by atoms with E-state index in [1.54, 1.807) is 0 Å². The van der Waals surface area contributed by atoms with Crippen LogP contribution in [0.25, 0.3) is 0 Å². The number of ether oxygens (including phenoxy) is 2. The highest BCUT2D eigenvalue weighted by Crippen LogP contribution is 2.37. The molecule has 1 unspecified atom stereocenters. The van der Waals surface area contributed by atoms with Crippen LogP contribution in [0.1, 0.15) is 27.7 Å². The molecule has 0 rings (SSSR count). The Morgan fingerprint density at radius 1 is 1.00 bits per heavy atom. The average Bonchev–Trinajstić information content (AvgIpc) is 1.98. The van der Waals surface area contributed by atoms with Crippen LogP contribution in [0.4, 0.5) is 17.6 Å². The van der Waals surface area contributed by atoms with Gasteiger partial charge in [-0.1, -0.05) is 0 Å². The molecule has 0 saturated carbocycles. The number of hydrogen-bond acceptors (Lipinski definition) is 3. The van der Waals surface area contributed by atoms with Crippen molar-refractivity contribution in [3.8, 4) is 0 Å². The van der Waals surface area contributed by atoms with E-state index in [4.69, 9.17) is 0 Å². The number of hydrogen-bond donors (Lipinski definition) is 0. The van der Waals surface area contributed by atoms with Gasteiger partial charge in [0.05, 0.1) is 12.2 Å². The number of esters is 1. The van der Waals surface area contributed by atoms with Gasteiger partial charge in [0.2, 0.25) is 0 Å². The van der Waals surface area contributed by atoms with E-state index in [1.165, 1.54) is 27.7 Å². The minimum atomic E-state index is -5.47. The van der Waals surface area contributed by atoms with Crippen molar-refractivity contribution in [1.29, 1.82) is 0 Å². The first-order chi connectivity index (χ1) is 7.00. The van der Waals surface area contributed by atoms with Gasteiger partial charge in [-0.3, -0.25) is 0 Å². The molecule has 96 valence electrons.